The number of fused-ring (bicyclic) bond motifs is 3. The number of ether oxygens (including phenoxy) is 8. The zero-order chi connectivity index (χ0) is 67.7. The van der Waals surface area contributed by atoms with Gasteiger partial charge in [0.2, 0.25) is 11.7 Å². The van der Waals surface area contributed by atoms with Gasteiger partial charge in [-0.15, -0.1) is 6.58 Å². The molecule has 6 aliphatic rings. The van der Waals surface area contributed by atoms with Crippen molar-refractivity contribution in [2.24, 2.45) is 35.5 Å². The highest BCUT2D eigenvalue weighted by atomic mass is 16.7. The maximum absolute atomic E-state index is 14.6. The largest absolute Gasteiger partial charge is 0.460 e. The van der Waals surface area contributed by atoms with Gasteiger partial charge in [-0.25, -0.2) is 4.79 Å². The maximum atomic E-state index is 14.6. The van der Waals surface area contributed by atoms with E-state index in [9.17, 15) is 84.6 Å². The fourth-order valence-electron chi connectivity index (χ4n) is 13.6. The molecule has 13 unspecified atom stereocenters. The van der Waals surface area contributed by atoms with E-state index in [0.717, 1.165) is 10.5 Å². The minimum absolute atomic E-state index is 0.0417. The van der Waals surface area contributed by atoms with Crippen LogP contribution in [0.15, 0.2) is 36.0 Å². The number of aliphatic hydroxyl groups is 10. The molecule has 0 radical (unpaired) electrons. The van der Waals surface area contributed by atoms with Crippen LogP contribution in [0.25, 0.3) is 0 Å². The SMILES string of the molecule is C=CC[C@@H]1/C=C(\C)C[C@@H](C)C[C@H](O)[C@H]2O[C@@](O)(C(=O)C(=O)N3CCCCC3C(=O)O[C@H](/C(C)=C/C3CC[C@@H](OC(=O)CCC(=O)NCCCCCCOC4OC(CO)C(OC5OC(CO)C(O)C(O)C5O)C(O)C4O)[C@H](OC)C3)[C@H](C)[C@H](O)CC1=O)[C@H](C)CC2C=O. The molecule has 27 heteroatoms. The molecular weight excluding hydrogens is 1210 g/mol. The molecule has 522 valence electrons. The number of allylic oxidation sites excluding steroid dienone is 4. The molecule has 1 saturated carbocycles. The molecule has 5 fully saturated rings. The summed E-state index contributed by atoms with van der Waals surface area (Å²) in [7, 11) is 1.49. The highest BCUT2D eigenvalue weighted by Gasteiger charge is 2.57. The van der Waals surface area contributed by atoms with Crippen molar-refractivity contribution in [3.63, 3.8) is 0 Å². The van der Waals surface area contributed by atoms with Gasteiger partial charge in [0.05, 0.1) is 44.1 Å². The van der Waals surface area contributed by atoms with Crippen molar-refractivity contribution < 1.29 is 123 Å². The van der Waals surface area contributed by atoms with Crippen molar-refractivity contribution >= 4 is 41.6 Å². The van der Waals surface area contributed by atoms with E-state index in [1.54, 1.807) is 26.0 Å². The fourth-order valence-corrected chi connectivity index (χ4v) is 13.6. The van der Waals surface area contributed by atoms with Crippen molar-refractivity contribution in [2.45, 2.75) is 254 Å². The second-order valence-corrected chi connectivity index (χ2v) is 26.2. The van der Waals surface area contributed by atoms with Crippen LogP contribution in [0, 0.1) is 35.5 Å². The molecular formula is C65H102N2O25. The Morgan fingerprint density at radius 3 is 2.20 bits per heavy atom. The number of esters is 2. The second kappa shape index (κ2) is 36.0. The molecule has 1 aliphatic carbocycles. The lowest BCUT2D eigenvalue weighted by Crippen LogP contribution is -2.64. The average molecular weight is 1310 g/mol. The Kier molecular flexibility index (Phi) is 29.9. The number of nitrogens with one attached hydrogen (secondary N) is 1. The summed E-state index contributed by atoms with van der Waals surface area (Å²) in [5, 5.41) is 110. The van der Waals surface area contributed by atoms with Crippen molar-refractivity contribution in [1.82, 2.24) is 10.2 Å². The van der Waals surface area contributed by atoms with Crippen molar-refractivity contribution in [2.75, 3.05) is 40.0 Å². The third-order valence-electron chi connectivity index (χ3n) is 19.0. The van der Waals surface area contributed by atoms with Gasteiger partial charge in [-0.2, -0.15) is 0 Å². The molecule has 92 heavy (non-hydrogen) atoms. The second-order valence-electron chi connectivity index (χ2n) is 26.2. The van der Waals surface area contributed by atoms with Crippen molar-refractivity contribution in [3.05, 3.63) is 36.0 Å². The Labute approximate surface area is 537 Å². The van der Waals surface area contributed by atoms with Crippen molar-refractivity contribution in [1.29, 1.82) is 0 Å². The molecule has 2 bridgehead atoms. The number of cyclic esters (lactones) is 1. The van der Waals surface area contributed by atoms with E-state index in [0.29, 0.717) is 82.6 Å². The zero-order valence-electron chi connectivity index (χ0n) is 53.9. The molecule has 5 heterocycles. The number of hydrogen-bond acceptors (Lipinski definition) is 25. The molecule has 0 aromatic carbocycles. The first kappa shape index (κ1) is 76.5. The summed E-state index contributed by atoms with van der Waals surface area (Å²) in [4.78, 5) is 96.7. The van der Waals surface area contributed by atoms with Crippen LogP contribution in [0.5, 0.6) is 0 Å². The quantitative estimate of drug-likeness (QED) is 0.0230. The number of carbonyl (C=O) groups excluding carboxylic acids is 7. The van der Waals surface area contributed by atoms with E-state index in [1.807, 2.05) is 19.9 Å². The highest BCUT2D eigenvalue weighted by Crippen LogP contribution is 2.40. The monoisotopic (exact) mass is 1310 g/mol. The Morgan fingerprint density at radius 1 is 0.815 bits per heavy atom. The number of amides is 2. The average Bonchev–Trinajstić information content (AvgIpc) is 0.784. The first-order chi connectivity index (χ1) is 43.7. The van der Waals surface area contributed by atoms with Crippen LogP contribution >= 0.6 is 0 Å². The number of unbranched alkanes of at least 4 members (excludes halogenated alkanes) is 3. The van der Waals surface area contributed by atoms with Crippen LogP contribution in [-0.4, -0.2) is 247 Å². The van der Waals surface area contributed by atoms with Crippen LogP contribution in [0.1, 0.15) is 144 Å². The lowest BCUT2D eigenvalue weighted by atomic mass is 9.78. The first-order valence-corrected chi connectivity index (χ1v) is 32.7. The number of nitrogens with zero attached hydrogens (tertiary/aromatic N) is 1. The maximum Gasteiger partial charge on any atom is 0.329 e. The first-order valence-electron chi connectivity index (χ1n) is 32.7. The Morgan fingerprint density at radius 2 is 1.51 bits per heavy atom. The van der Waals surface area contributed by atoms with Crippen molar-refractivity contribution in [3.8, 4) is 0 Å². The third kappa shape index (κ3) is 19.8. The number of piperidine rings is 1. The molecule has 0 aromatic rings. The number of rotatable bonds is 22. The number of aliphatic hydroxyl groups excluding tert-OH is 9. The Balaban J connectivity index is 1.01. The van der Waals surface area contributed by atoms with Gasteiger partial charge in [0, 0.05) is 63.3 Å². The summed E-state index contributed by atoms with van der Waals surface area (Å²) in [6.07, 6.45) is -11.4. The third-order valence-corrected chi connectivity index (χ3v) is 19.0. The Bertz CT molecular complexity index is 2510. The number of Topliss-reactive ketones (excluding diaryl/α,β-unsaturated/α-hetero) is 2. The summed E-state index contributed by atoms with van der Waals surface area (Å²) in [5.41, 5.74) is 1.32. The fraction of sp³-hybridized carbons (Fsp3) is 0.800. The van der Waals surface area contributed by atoms with Gasteiger partial charge in [0.25, 0.3) is 11.7 Å². The molecule has 5 aliphatic heterocycles. The number of aldehydes is 1. The van der Waals surface area contributed by atoms with E-state index in [1.165, 1.54) is 14.0 Å². The van der Waals surface area contributed by atoms with E-state index < -0.39 is 170 Å². The highest BCUT2D eigenvalue weighted by molar-refractivity contribution is 6.39. The molecule has 0 aromatic heterocycles. The molecule has 11 N–H and O–H groups in total. The molecule has 0 spiro atoms. The lowest BCUT2D eigenvalue weighted by Gasteiger charge is -2.45. The summed E-state index contributed by atoms with van der Waals surface area (Å²) < 4.78 is 46.2. The van der Waals surface area contributed by atoms with Gasteiger partial charge in [-0.3, -0.25) is 24.0 Å². The molecule has 27 nitrogen and oxygen atoms in total. The molecule has 6 rings (SSSR count). The summed E-state index contributed by atoms with van der Waals surface area (Å²) in [5.74, 6) is -11.4. The van der Waals surface area contributed by atoms with Gasteiger partial charge in [-0.1, -0.05) is 57.4 Å². The number of carbonyl (C=O) groups is 7. The topological polar surface area (TPSA) is 411 Å². The van der Waals surface area contributed by atoms with Crippen LogP contribution in [-0.2, 0) is 71.5 Å². The standard InChI is InChI=1S/C65H102N2O25/c1-8-15-40-25-34(2)24-35(3)26-45(73)58-41(31-68)28-37(5)65(84,92-58)60(81)61(82)67-22-13-11-16-42(67)62(83)90-57(38(6)43(71)30-44(40)72)36(4)27-39-17-18-46(47(29-39)85-7)87-51(75)20-19-50(74)66-21-12-9-10-14-23-86-63-56(80)54(78)59(49(33-70)89-63)91-64-55(79)53(77)52(76)48(32-69)88-64/h8,25,27,31,35,37-43,45-49,52-59,63-64,69-71,73,76-80,84H,1,9-24,26,28-30,32-33H2,2-7H3,(H,66,74)/b34-25+,36-27+/t35-,37-,38-,39?,40-,41?,42?,43-,45+,46-,47-,48?,49?,52?,53?,54?,55?,56?,57-,58+,59?,63?,64?,65-/m1/s1. The number of hydrogen-bond donors (Lipinski definition) is 11. The number of methoxy groups -OCH3 is 1. The van der Waals surface area contributed by atoms with E-state index in [2.05, 4.69) is 11.9 Å². The van der Waals surface area contributed by atoms with Crippen LogP contribution in [0.2, 0.25) is 0 Å². The molecule has 2 amide bonds. The predicted molar refractivity (Wildman–Crippen MR) is 323 cm³/mol. The zero-order valence-corrected chi connectivity index (χ0v) is 53.9. The van der Waals surface area contributed by atoms with Crippen LogP contribution in [0.4, 0.5) is 0 Å². The van der Waals surface area contributed by atoms with E-state index >= 15 is 0 Å². The summed E-state index contributed by atoms with van der Waals surface area (Å²) in [6.45, 7) is 11.4. The smallest absolute Gasteiger partial charge is 0.329 e. The lowest BCUT2D eigenvalue weighted by molar-refractivity contribution is -0.359. The number of ketones is 2. The van der Waals surface area contributed by atoms with Gasteiger partial charge < -0.3 is 104 Å². The normalized spacial score (nSPS) is 39.8. The van der Waals surface area contributed by atoms with Crippen LogP contribution in [0.3, 0.4) is 0 Å². The minimum atomic E-state index is -2.74. The summed E-state index contributed by atoms with van der Waals surface area (Å²) in [6, 6.07) is -1.30. The van der Waals surface area contributed by atoms with E-state index in [4.69, 9.17) is 37.9 Å². The van der Waals surface area contributed by atoms with Crippen LogP contribution < -0.4 is 5.32 Å². The van der Waals surface area contributed by atoms with Gasteiger partial charge in [-0.05, 0) is 108 Å². The molecule has 24 atom stereocenters. The Hall–Kier alpha value is -4.53. The van der Waals surface area contributed by atoms with Gasteiger partial charge >= 0.3 is 11.9 Å². The predicted octanol–water partition coefficient (Wildman–Crippen LogP) is 0.433. The van der Waals surface area contributed by atoms with E-state index in [-0.39, 0.29) is 81.6 Å². The summed E-state index contributed by atoms with van der Waals surface area (Å²) >= 11 is 0. The minimum Gasteiger partial charge on any atom is -0.460 e. The van der Waals surface area contributed by atoms with Gasteiger partial charge in [0.15, 0.2) is 12.6 Å². The molecule has 4 saturated heterocycles. The van der Waals surface area contributed by atoms with Gasteiger partial charge in [0.1, 0.15) is 79.2 Å².